The van der Waals surface area contributed by atoms with E-state index in [0.717, 1.165) is 18.0 Å². The fourth-order valence-corrected chi connectivity index (χ4v) is 3.94. The van der Waals surface area contributed by atoms with Crippen molar-refractivity contribution in [3.63, 3.8) is 0 Å². The van der Waals surface area contributed by atoms with Crippen molar-refractivity contribution in [3.8, 4) is 0 Å². The SMILES string of the molecule is CC(C)Cc1ccc(C(C)N2CCC3CCC(C2)N3)cc1. The summed E-state index contributed by atoms with van der Waals surface area (Å²) in [6, 6.07) is 11.4. The third kappa shape index (κ3) is 3.67. The first-order valence-electron chi connectivity index (χ1n) is 8.70. The van der Waals surface area contributed by atoms with Gasteiger partial charge in [-0.25, -0.2) is 0 Å². The number of hydrogen-bond acceptors (Lipinski definition) is 2. The van der Waals surface area contributed by atoms with E-state index in [4.69, 9.17) is 0 Å². The molecule has 0 radical (unpaired) electrons. The average molecular weight is 286 g/mol. The number of nitrogens with one attached hydrogen (secondary N) is 1. The van der Waals surface area contributed by atoms with Crippen LogP contribution >= 0.6 is 0 Å². The van der Waals surface area contributed by atoms with Crippen LogP contribution in [0, 0.1) is 5.92 Å². The van der Waals surface area contributed by atoms with Crippen molar-refractivity contribution in [2.24, 2.45) is 5.92 Å². The first kappa shape index (κ1) is 15.1. The van der Waals surface area contributed by atoms with Crippen LogP contribution in [-0.4, -0.2) is 30.1 Å². The van der Waals surface area contributed by atoms with Gasteiger partial charge in [0.05, 0.1) is 0 Å². The molecule has 3 atom stereocenters. The van der Waals surface area contributed by atoms with Gasteiger partial charge in [-0.2, -0.15) is 0 Å². The second-order valence-corrected chi connectivity index (χ2v) is 7.44. The van der Waals surface area contributed by atoms with Gasteiger partial charge in [-0.05, 0) is 49.7 Å². The molecule has 0 aromatic heterocycles. The summed E-state index contributed by atoms with van der Waals surface area (Å²) in [6.07, 6.45) is 5.25. The molecule has 2 bridgehead atoms. The van der Waals surface area contributed by atoms with Gasteiger partial charge in [0.25, 0.3) is 0 Å². The van der Waals surface area contributed by atoms with E-state index in [2.05, 4.69) is 55.3 Å². The van der Waals surface area contributed by atoms with Crippen LogP contribution in [0.5, 0.6) is 0 Å². The van der Waals surface area contributed by atoms with Gasteiger partial charge < -0.3 is 5.32 Å². The molecule has 1 aromatic carbocycles. The highest BCUT2D eigenvalue weighted by Gasteiger charge is 2.31. The Balaban J connectivity index is 1.65. The van der Waals surface area contributed by atoms with E-state index in [1.54, 1.807) is 0 Å². The van der Waals surface area contributed by atoms with Gasteiger partial charge in [-0.3, -0.25) is 4.90 Å². The van der Waals surface area contributed by atoms with Crippen LogP contribution < -0.4 is 5.32 Å². The molecule has 2 heteroatoms. The van der Waals surface area contributed by atoms with Crippen LogP contribution in [0.25, 0.3) is 0 Å². The lowest BCUT2D eigenvalue weighted by Crippen LogP contribution is -2.36. The van der Waals surface area contributed by atoms with Crippen molar-refractivity contribution in [2.75, 3.05) is 13.1 Å². The fraction of sp³-hybridized carbons (Fsp3) is 0.684. The lowest BCUT2D eigenvalue weighted by Gasteiger charge is -2.30. The van der Waals surface area contributed by atoms with Crippen molar-refractivity contribution in [1.29, 1.82) is 0 Å². The molecule has 2 aliphatic heterocycles. The van der Waals surface area contributed by atoms with Gasteiger partial charge in [-0.15, -0.1) is 0 Å². The lowest BCUT2D eigenvalue weighted by molar-refractivity contribution is 0.200. The zero-order chi connectivity index (χ0) is 14.8. The molecule has 2 aliphatic rings. The molecule has 3 rings (SSSR count). The van der Waals surface area contributed by atoms with E-state index >= 15 is 0 Å². The standard InChI is InChI=1S/C19H30N2/c1-14(2)12-16-4-6-17(7-5-16)15(3)21-11-10-18-8-9-19(13-21)20-18/h4-7,14-15,18-20H,8-13H2,1-3H3. The molecule has 2 heterocycles. The number of fused-ring (bicyclic) bond motifs is 2. The zero-order valence-electron chi connectivity index (χ0n) is 13.8. The Bertz CT molecular complexity index is 451. The van der Waals surface area contributed by atoms with Crippen LogP contribution in [-0.2, 0) is 6.42 Å². The Kier molecular flexibility index (Phi) is 4.66. The quantitative estimate of drug-likeness (QED) is 0.906. The molecule has 2 nitrogen and oxygen atoms in total. The van der Waals surface area contributed by atoms with Gasteiger partial charge in [-0.1, -0.05) is 38.1 Å². The van der Waals surface area contributed by atoms with E-state index in [9.17, 15) is 0 Å². The summed E-state index contributed by atoms with van der Waals surface area (Å²) >= 11 is 0. The highest BCUT2D eigenvalue weighted by molar-refractivity contribution is 5.25. The summed E-state index contributed by atoms with van der Waals surface area (Å²) in [5.74, 6) is 0.737. The Hall–Kier alpha value is -0.860. The molecule has 2 saturated heterocycles. The summed E-state index contributed by atoms with van der Waals surface area (Å²) < 4.78 is 0. The zero-order valence-corrected chi connectivity index (χ0v) is 13.8. The molecule has 21 heavy (non-hydrogen) atoms. The third-order valence-electron chi connectivity index (χ3n) is 5.21. The van der Waals surface area contributed by atoms with E-state index in [0.29, 0.717) is 6.04 Å². The summed E-state index contributed by atoms with van der Waals surface area (Å²) in [5, 5.41) is 3.78. The Morgan fingerprint density at radius 1 is 1.05 bits per heavy atom. The summed E-state index contributed by atoms with van der Waals surface area (Å²) in [7, 11) is 0. The van der Waals surface area contributed by atoms with Gasteiger partial charge >= 0.3 is 0 Å². The first-order chi connectivity index (χ1) is 10.1. The predicted molar refractivity (Wildman–Crippen MR) is 89.5 cm³/mol. The number of hydrogen-bond donors (Lipinski definition) is 1. The Morgan fingerprint density at radius 3 is 2.48 bits per heavy atom. The molecule has 0 aliphatic carbocycles. The van der Waals surface area contributed by atoms with Crippen molar-refractivity contribution < 1.29 is 0 Å². The van der Waals surface area contributed by atoms with Gasteiger partial charge in [0, 0.05) is 31.2 Å². The van der Waals surface area contributed by atoms with Crippen LogP contribution in [0.15, 0.2) is 24.3 Å². The monoisotopic (exact) mass is 286 g/mol. The summed E-state index contributed by atoms with van der Waals surface area (Å²) in [4.78, 5) is 2.67. The largest absolute Gasteiger partial charge is 0.310 e. The molecule has 3 unspecified atom stereocenters. The number of likely N-dealkylation sites (tertiary alicyclic amines) is 1. The van der Waals surface area contributed by atoms with Gasteiger partial charge in [0.15, 0.2) is 0 Å². The van der Waals surface area contributed by atoms with Crippen molar-refractivity contribution in [1.82, 2.24) is 10.2 Å². The van der Waals surface area contributed by atoms with Crippen molar-refractivity contribution >= 4 is 0 Å². The van der Waals surface area contributed by atoms with E-state index in [1.165, 1.54) is 49.9 Å². The molecule has 0 saturated carbocycles. The highest BCUT2D eigenvalue weighted by Crippen LogP contribution is 2.27. The molecular weight excluding hydrogens is 256 g/mol. The van der Waals surface area contributed by atoms with E-state index in [-0.39, 0.29) is 0 Å². The van der Waals surface area contributed by atoms with Crippen molar-refractivity contribution in [3.05, 3.63) is 35.4 Å². The number of nitrogens with zero attached hydrogens (tertiary/aromatic N) is 1. The minimum Gasteiger partial charge on any atom is -0.310 e. The topological polar surface area (TPSA) is 15.3 Å². The molecule has 1 N–H and O–H groups in total. The van der Waals surface area contributed by atoms with Crippen LogP contribution in [0.4, 0.5) is 0 Å². The van der Waals surface area contributed by atoms with Crippen molar-refractivity contribution in [2.45, 2.75) is 64.6 Å². The Labute approximate surface area is 129 Å². The summed E-state index contributed by atoms with van der Waals surface area (Å²) in [6.45, 7) is 9.40. The molecule has 2 fully saturated rings. The second kappa shape index (κ2) is 6.50. The van der Waals surface area contributed by atoms with Gasteiger partial charge in [0.2, 0.25) is 0 Å². The van der Waals surface area contributed by atoms with E-state index in [1.807, 2.05) is 0 Å². The van der Waals surface area contributed by atoms with Crippen LogP contribution in [0.3, 0.4) is 0 Å². The predicted octanol–water partition coefficient (Wildman–Crippen LogP) is 3.77. The minimum absolute atomic E-state index is 0.541. The van der Waals surface area contributed by atoms with Crippen LogP contribution in [0.2, 0.25) is 0 Å². The van der Waals surface area contributed by atoms with Crippen LogP contribution in [0.1, 0.15) is 57.2 Å². The third-order valence-corrected chi connectivity index (χ3v) is 5.21. The second-order valence-electron chi connectivity index (χ2n) is 7.44. The normalized spacial score (nSPS) is 27.8. The average Bonchev–Trinajstić information content (AvgIpc) is 2.78. The van der Waals surface area contributed by atoms with Gasteiger partial charge in [0.1, 0.15) is 0 Å². The number of rotatable bonds is 4. The minimum atomic E-state index is 0.541. The maximum Gasteiger partial charge on any atom is 0.0320 e. The highest BCUT2D eigenvalue weighted by atomic mass is 15.2. The summed E-state index contributed by atoms with van der Waals surface area (Å²) in [5.41, 5.74) is 2.94. The maximum absolute atomic E-state index is 3.78. The Morgan fingerprint density at radius 2 is 1.76 bits per heavy atom. The van der Waals surface area contributed by atoms with E-state index < -0.39 is 0 Å². The number of benzene rings is 1. The smallest absolute Gasteiger partial charge is 0.0320 e. The molecule has 1 aromatic rings. The lowest BCUT2D eigenvalue weighted by atomic mass is 9.98. The molecule has 0 amide bonds. The molecular formula is C19H30N2. The molecule has 0 spiro atoms. The fourth-order valence-electron chi connectivity index (χ4n) is 3.94. The maximum atomic E-state index is 3.78. The first-order valence-corrected chi connectivity index (χ1v) is 8.70. The molecule has 116 valence electrons.